The lowest BCUT2D eigenvalue weighted by molar-refractivity contribution is -0.137. The molecule has 0 radical (unpaired) electrons. The number of piperidine rings is 1. The third-order valence-corrected chi connectivity index (χ3v) is 4.79. The van der Waals surface area contributed by atoms with E-state index in [1.807, 2.05) is 18.8 Å². The molecule has 0 aromatic heterocycles. The topological polar surface area (TPSA) is 32.3 Å². The van der Waals surface area contributed by atoms with E-state index in [0.29, 0.717) is 17.3 Å². The molecular formula is C11H20N2OS. The number of amides is 1. The molecule has 0 aliphatic carbocycles. The van der Waals surface area contributed by atoms with E-state index >= 15 is 0 Å². The van der Waals surface area contributed by atoms with Crippen molar-refractivity contribution in [3.8, 4) is 0 Å². The van der Waals surface area contributed by atoms with E-state index in [1.165, 1.54) is 19.3 Å². The highest BCUT2D eigenvalue weighted by Gasteiger charge is 2.37. The minimum atomic E-state index is 0.0445. The highest BCUT2D eigenvalue weighted by Crippen LogP contribution is 2.33. The van der Waals surface area contributed by atoms with E-state index in [2.05, 4.69) is 17.1 Å². The quantitative estimate of drug-likeness (QED) is 0.737. The lowest BCUT2D eigenvalue weighted by Crippen LogP contribution is -2.52. The number of hydrogen-bond donors (Lipinski definition) is 1. The van der Waals surface area contributed by atoms with Crippen LogP contribution in [0.3, 0.4) is 0 Å². The Kier molecular flexibility index (Phi) is 3.57. The van der Waals surface area contributed by atoms with Crippen molar-refractivity contribution in [2.24, 2.45) is 0 Å². The predicted octanol–water partition coefficient (Wildman–Crippen LogP) is 1.44. The average molecular weight is 228 g/mol. The van der Waals surface area contributed by atoms with Crippen molar-refractivity contribution in [2.75, 3.05) is 12.8 Å². The zero-order valence-corrected chi connectivity index (χ0v) is 10.3. The molecule has 2 heterocycles. The van der Waals surface area contributed by atoms with Gasteiger partial charge < -0.3 is 10.2 Å². The standard InChI is InChI=1S/C11H20N2OS/c1-8-4-3-5-10-13(8)11(14)9(12-2)6-7-15-10/h8-10,12H,3-7H2,1-2H3/t8-,9+,10+/m1/s1. The number of fused-ring (bicyclic) bond motifs is 1. The van der Waals surface area contributed by atoms with Gasteiger partial charge in [-0.25, -0.2) is 0 Å². The summed E-state index contributed by atoms with van der Waals surface area (Å²) >= 11 is 1.96. The fourth-order valence-electron chi connectivity index (χ4n) is 2.57. The molecule has 1 amide bonds. The molecule has 1 N–H and O–H groups in total. The van der Waals surface area contributed by atoms with Crippen LogP contribution in [0.15, 0.2) is 0 Å². The number of likely N-dealkylation sites (N-methyl/N-ethyl adjacent to an activating group) is 1. The number of nitrogens with zero attached hydrogens (tertiary/aromatic N) is 1. The van der Waals surface area contributed by atoms with Crippen LogP contribution < -0.4 is 5.32 Å². The second-order valence-electron chi connectivity index (χ2n) is 4.48. The van der Waals surface area contributed by atoms with E-state index in [1.54, 1.807) is 0 Å². The van der Waals surface area contributed by atoms with Gasteiger partial charge in [0.1, 0.15) is 0 Å². The lowest BCUT2D eigenvalue weighted by atomic mass is 10.0. The van der Waals surface area contributed by atoms with Gasteiger partial charge in [-0.15, -0.1) is 11.8 Å². The second kappa shape index (κ2) is 4.74. The van der Waals surface area contributed by atoms with Gasteiger partial charge in [0.05, 0.1) is 11.4 Å². The highest BCUT2D eigenvalue weighted by molar-refractivity contribution is 7.99. The van der Waals surface area contributed by atoms with E-state index in [-0.39, 0.29) is 6.04 Å². The van der Waals surface area contributed by atoms with Crippen LogP contribution in [0.4, 0.5) is 0 Å². The van der Waals surface area contributed by atoms with Gasteiger partial charge >= 0.3 is 0 Å². The Labute approximate surface area is 96.0 Å². The smallest absolute Gasteiger partial charge is 0.240 e. The Balaban J connectivity index is 2.16. The zero-order chi connectivity index (χ0) is 10.8. The van der Waals surface area contributed by atoms with Crippen molar-refractivity contribution < 1.29 is 4.79 Å². The number of carbonyl (C=O) groups excluding carboxylic acids is 1. The van der Waals surface area contributed by atoms with Crippen LogP contribution in [-0.2, 0) is 4.79 Å². The summed E-state index contributed by atoms with van der Waals surface area (Å²) in [7, 11) is 1.89. The normalized spacial score (nSPS) is 37.3. The zero-order valence-electron chi connectivity index (χ0n) is 9.53. The molecule has 2 aliphatic heterocycles. The molecule has 2 fully saturated rings. The molecule has 0 aromatic carbocycles. The Morgan fingerprint density at radius 3 is 2.93 bits per heavy atom. The van der Waals surface area contributed by atoms with E-state index in [9.17, 15) is 4.79 Å². The van der Waals surface area contributed by atoms with Crippen molar-refractivity contribution in [1.29, 1.82) is 0 Å². The Morgan fingerprint density at radius 1 is 1.40 bits per heavy atom. The van der Waals surface area contributed by atoms with Crippen LogP contribution in [0.1, 0.15) is 32.6 Å². The molecule has 15 heavy (non-hydrogen) atoms. The number of rotatable bonds is 1. The first-order chi connectivity index (χ1) is 7.24. The molecule has 0 unspecified atom stereocenters. The first-order valence-corrected chi connectivity index (χ1v) is 6.90. The molecule has 2 rings (SSSR count). The first kappa shape index (κ1) is 11.3. The maximum absolute atomic E-state index is 12.3. The molecule has 0 bridgehead atoms. The van der Waals surface area contributed by atoms with Crippen molar-refractivity contribution >= 4 is 17.7 Å². The molecule has 4 heteroatoms. The van der Waals surface area contributed by atoms with Gasteiger partial charge in [-0.3, -0.25) is 4.79 Å². The minimum absolute atomic E-state index is 0.0445. The predicted molar refractivity (Wildman–Crippen MR) is 63.9 cm³/mol. The van der Waals surface area contributed by atoms with E-state index in [4.69, 9.17) is 0 Å². The second-order valence-corrected chi connectivity index (χ2v) is 5.77. The highest BCUT2D eigenvalue weighted by atomic mass is 32.2. The van der Waals surface area contributed by atoms with Crippen molar-refractivity contribution in [3.05, 3.63) is 0 Å². The molecule has 3 nitrogen and oxygen atoms in total. The van der Waals surface area contributed by atoms with Gasteiger partial charge in [-0.05, 0) is 45.4 Å². The summed E-state index contributed by atoms with van der Waals surface area (Å²) in [6.07, 6.45) is 4.59. The molecule has 0 spiro atoms. The molecule has 3 atom stereocenters. The van der Waals surface area contributed by atoms with Crippen LogP contribution in [0.25, 0.3) is 0 Å². The van der Waals surface area contributed by atoms with Gasteiger partial charge in [-0.1, -0.05) is 0 Å². The maximum Gasteiger partial charge on any atom is 0.240 e. The SMILES string of the molecule is CN[C@H]1CCS[C@H]2CCC[C@@H](C)N2C1=O. The summed E-state index contributed by atoms with van der Waals surface area (Å²) in [5.41, 5.74) is 0. The number of thioether (sulfide) groups is 1. The average Bonchev–Trinajstić information content (AvgIpc) is 2.39. The number of carbonyl (C=O) groups is 1. The van der Waals surface area contributed by atoms with Crippen molar-refractivity contribution in [1.82, 2.24) is 10.2 Å². The van der Waals surface area contributed by atoms with Crippen LogP contribution in [-0.4, -0.2) is 41.1 Å². The van der Waals surface area contributed by atoms with Crippen LogP contribution in [0, 0.1) is 0 Å². The summed E-state index contributed by atoms with van der Waals surface area (Å²) in [5.74, 6) is 1.42. The molecular weight excluding hydrogens is 208 g/mol. The first-order valence-electron chi connectivity index (χ1n) is 5.85. The van der Waals surface area contributed by atoms with E-state index < -0.39 is 0 Å². The largest absolute Gasteiger partial charge is 0.327 e. The summed E-state index contributed by atoms with van der Waals surface area (Å²) in [6, 6.07) is 0.473. The third kappa shape index (κ3) is 2.16. The summed E-state index contributed by atoms with van der Waals surface area (Å²) in [4.78, 5) is 14.4. The fourth-order valence-corrected chi connectivity index (χ4v) is 4.02. The van der Waals surface area contributed by atoms with Crippen molar-refractivity contribution in [2.45, 2.75) is 50.1 Å². The lowest BCUT2D eigenvalue weighted by Gasteiger charge is -2.40. The third-order valence-electron chi connectivity index (χ3n) is 3.48. The summed E-state index contributed by atoms with van der Waals surface area (Å²) in [5, 5.41) is 3.59. The number of nitrogens with one attached hydrogen (secondary N) is 1. The maximum atomic E-state index is 12.3. The van der Waals surface area contributed by atoms with E-state index in [0.717, 1.165) is 12.2 Å². The summed E-state index contributed by atoms with van der Waals surface area (Å²) < 4.78 is 0. The minimum Gasteiger partial charge on any atom is -0.327 e. The van der Waals surface area contributed by atoms with Gasteiger partial charge in [0.25, 0.3) is 0 Å². The monoisotopic (exact) mass is 228 g/mol. The number of hydrogen-bond acceptors (Lipinski definition) is 3. The molecule has 86 valence electrons. The Bertz CT molecular complexity index is 247. The fraction of sp³-hybridized carbons (Fsp3) is 0.909. The Hall–Kier alpha value is -0.220. The molecule has 0 saturated carbocycles. The molecule has 2 saturated heterocycles. The van der Waals surface area contributed by atoms with Gasteiger partial charge in [0.2, 0.25) is 5.91 Å². The molecule has 0 aromatic rings. The van der Waals surface area contributed by atoms with Crippen LogP contribution >= 0.6 is 11.8 Å². The van der Waals surface area contributed by atoms with Gasteiger partial charge in [0.15, 0.2) is 0 Å². The van der Waals surface area contributed by atoms with Gasteiger partial charge in [0, 0.05) is 6.04 Å². The summed E-state index contributed by atoms with van der Waals surface area (Å²) in [6.45, 7) is 2.18. The van der Waals surface area contributed by atoms with Gasteiger partial charge in [-0.2, -0.15) is 0 Å². The molecule has 2 aliphatic rings. The van der Waals surface area contributed by atoms with Crippen LogP contribution in [0.2, 0.25) is 0 Å². The van der Waals surface area contributed by atoms with Crippen LogP contribution in [0.5, 0.6) is 0 Å². The Morgan fingerprint density at radius 2 is 2.20 bits per heavy atom. The van der Waals surface area contributed by atoms with Crippen molar-refractivity contribution in [3.63, 3.8) is 0 Å².